The summed E-state index contributed by atoms with van der Waals surface area (Å²) >= 11 is 0. The standard InChI is InChI=1S/C4H2F3NO2/c5-4(6,7)10-3-1-8-2-9-3/h1,3H. The minimum Gasteiger partial charge on any atom is -0.310 e. The average molecular weight is 153 g/mol. The largest absolute Gasteiger partial charge is 0.525 e. The molecule has 1 unspecified atom stereocenters. The maximum atomic E-state index is 11.3. The van der Waals surface area contributed by atoms with Crippen LogP contribution in [0.3, 0.4) is 0 Å². The summed E-state index contributed by atoms with van der Waals surface area (Å²) < 4.78 is 41.4. The highest BCUT2D eigenvalue weighted by Crippen LogP contribution is 2.20. The van der Waals surface area contributed by atoms with Gasteiger partial charge in [-0.1, -0.05) is 0 Å². The first-order valence-electron chi connectivity index (χ1n) is 2.26. The van der Waals surface area contributed by atoms with Crippen LogP contribution in [0.5, 0.6) is 0 Å². The van der Waals surface area contributed by atoms with Gasteiger partial charge in [-0.05, 0) is 0 Å². The molecule has 0 spiro atoms. The minimum absolute atomic E-state index is 0.855. The molecule has 3 nitrogen and oxygen atoms in total. The quantitative estimate of drug-likeness (QED) is 0.561. The predicted octanol–water partition coefficient (Wildman–Crippen LogP) is 0.946. The minimum atomic E-state index is -4.69. The molecule has 2 radical (unpaired) electrons. The molecule has 1 aliphatic heterocycles. The van der Waals surface area contributed by atoms with Gasteiger partial charge in [0.25, 0.3) is 6.73 Å². The molecule has 0 aliphatic carbocycles. The number of alkyl halides is 3. The van der Waals surface area contributed by atoms with Crippen LogP contribution >= 0.6 is 0 Å². The molecule has 0 amide bonds. The third kappa shape index (κ3) is 2.32. The molecule has 0 bridgehead atoms. The highest BCUT2D eigenvalue weighted by molar-refractivity contribution is 5.63. The van der Waals surface area contributed by atoms with E-state index in [1.165, 1.54) is 0 Å². The first kappa shape index (κ1) is 7.49. The number of hydrogen-bond acceptors (Lipinski definition) is 3. The Hall–Kier alpha value is -0.620. The molecule has 0 aromatic rings. The molecule has 0 fully saturated rings. The molecule has 6 heteroatoms. The van der Waals surface area contributed by atoms with Gasteiger partial charge in [-0.25, -0.2) is 4.99 Å². The summed E-state index contributed by atoms with van der Waals surface area (Å²) in [6, 6.07) is 0. The Morgan fingerprint density at radius 3 is 2.70 bits per heavy atom. The first-order valence-corrected chi connectivity index (χ1v) is 2.26. The fourth-order valence-electron chi connectivity index (χ4n) is 0.390. The molecule has 0 saturated heterocycles. The monoisotopic (exact) mass is 153 g/mol. The normalized spacial score (nSPS) is 25.7. The van der Waals surface area contributed by atoms with Crippen LogP contribution in [0.4, 0.5) is 13.2 Å². The fraction of sp³-hybridized carbons (Fsp3) is 0.500. The van der Waals surface area contributed by atoms with E-state index in [4.69, 9.17) is 0 Å². The summed E-state index contributed by atoms with van der Waals surface area (Å²) in [6.45, 7) is 1.84. The molecule has 0 N–H and O–H groups in total. The molecule has 1 atom stereocenters. The lowest BCUT2D eigenvalue weighted by Crippen LogP contribution is -2.24. The van der Waals surface area contributed by atoms with E-state index in [1.54, 1.807) is 0 Å². The third-order valence-corrected chi connectivity index (χ3v) is 0.668. The van der Waals surface area contributed by atoms with Crippen LogP contribution in [0.1, 0.15) is 0 Å². The van der Waals surface area contributed by atoms with Crippen molar-refractivity contribution in [2.75, 3.05) is 0 Å². The SMILES string of the molecule is FC(F)(F)OC1C=N[C]O1. The molecule has 1 heterocycles. The number of hydrogen-bond donors (Lipinski definition) is 0. The molecule has 1 rings (SSSR count). The lowest BCUT2D eigenvalue weighted by molar-refractivity contribution is -0.358. The predicted molar refractivity (Wildman–Crippen MR) is 23.7 cm³/mol. The van der Waals surface area contributed by atoms with Crippen molar-refractivity contribution in [2.24, 2.45) is 4.99 Å². The van der Waals surface area contributed by atoms with E-state index >= 15 is 0 Å². The maximum Gasteiger partial charge on any atom is 0.525 e. The van der Waals surface area contributed by atoms with E-state index in [0.717, 1.165) is 6.21 Å². The van der Waals surface area contributed by atoms with Crippen molar-refractivity contribution in [2.45, 2.75) is 12.7 Å². The lowest BCUT2D eigenvalue weighted by Gasteiger charge is -2.09. The van der Waals surface area contributed by atoms with E-state index in [-0.39, 0.29) is 0 Å². The van der Waals surface area contributed by atoms with E-state index < -0.39 is 12.7 Å². The summed E-state index contributed by atoms with van der Waals surface area (Å²) in [7, 11) is 0. The second-order valence-electron chi connectivity index (χ2n) is 1.42. The smallest absolute Gasteiger partial charge is 0.310 e. The summed E-state index contributed by atoms with van der Waals surface area (Å²) in [6.07, 6.45) is -5.31. The van der Waals surface area contributed by atoms with Gasteiger partial charge in [0.1, 0.15) is 0 Å². The second-order valence-corrected chi connectivity index (χ2v) is 1.42. The van der Waals surface area contributed by atoms with Crippen LogP contribution in [0.2, 0.25) is 0 Å². The van der Waals surface area contributed by atoms with Gasteiger partial charge in [-0.3, -0.25) is 4.74 Å². The van der Waals surface area contributed by atoms with Gasteiger partial charge in [0.05, 0.1) is 6.21 Å². The highest BCUT2D eigenvalue weighted by Gasteiger charge is 2.34. The van der Waals surface area contributed by atoms with Crippen LogP contribution in [0, 0.1) is 6.73 Å². The summed E-state index contributed by atoms with van der Waals surface area (Å²) in [5.74, 6) is 0. The van der Waals surface area contributed by atoms with Crippen LogP contribution in [-0.4, -0.2) is 18.9 Å². The number of nitrogens with zero attached hydrogens (tertiary/aromatic N) is 1. The van der Waals surface area contributed by atoms with Crippen molar-refractivity contribution in [1.29, 1.82) is 0 Å². The van der Waals surface area contributed by atoms with Gasteiger partial charge in [0.15, 0.2) is 0 Å². The summed E-state index contributed by atoms with van der Waals surface area (Å²) in [5, 5.41) is 0. The van der Waals surface area contributed by atoms with Crippen molar-refractivity contribution in [3.8, 4) is 0 Å². The number of aliphatic imine (C=N–C) groups is 1. The Balaban J connectivity index is 2.31. The van der Waals surface area contributed by atoms with Crippen molar-refractivity contribution in [1.82, 2.24) is 0 Å². The van der Waals surface area contributed by atoms with E-state index in [9.17, 15) is 13.2 Å². The van der Waals surface area contributed by atoms with Gasteiger partial charge in [0.2, 0.25) is 6.29 Å². The van der Waals surface area contributed by atoms with Crippen LogP contribution < -0.4 is 0 Å². The Morgan fingerprint density at radius 2 is 2.30 bits per heavy atom. The molecular formula is C4H2F3NO2. The third-order valence-electron chi connectivity index (χ3n) is 0.668. The maximum absolute atomic E-state index is 11.3. The van der Waals surface area contributed by atoms with Gasteiger partial charge in [-0.2, -0.15) is 0 Å². The zero-order valence-electron chi connectivity index (χ0n) is 4.55. The average Bonchev–Trinajstić information content (AvgIpc) is 2.12. The Bertz CT molecular complexity index is 144. The number of halogens is 3. The molecule has 0 aromatic heterocycles. The zero-order chi connectivity index (χ0) is 7.61. The topological polar surface area (TPSA) is 30.8 Å². The second kappa shape index (κ2) is 2.55. The van der Waals surface area contributed by atoms with Crippen molar-refractivity contribution in [3.63, 3.8) is 0 Å². The van der Waals surface area contributed by atoms with Gasteiger partial charge < -0.3 is 4.74 Å². The highest BCUT2D eigenvalue weighted by atomic mass is 19.4. The summed E-state index contributed by atoms with van der Waals surface area (Å²) in [4.78, 5) is 3.13. The Morgan fingerprint density at radius 1 is 1.60 bits per heavy atom. The number of ether oxygens (including phenoxy) is 2. The lowest BCUT2D eigenvalue weighted by atomic mass is 10.7. The van der Waals surface area contributed by atoms with Gasteiger partial charge in [0, 0.05) is 0 Å². The zero-order valence-corrected chi connectivity index (χ0v) is 4.55. The van der Waals surface area contributed by atoms with Crippen molar-refractivity contribution in [3.05, 3.63) is 6.73 Å². The van der Waals surface area contributed by atoms with Crippen LogP contribution in [0.25, 0.3) is 0 Å². The van der Waals surface area contributed by atoms with E-state index in [0.29, 0.717) is 0 Å². The molecule has 0 saturated carbocycles. The molecule has 56 valence electrons. The molecule has 0 aromatic carbocycles. The van der Waals surface area contributed by atoms with Crippen molar-refractivity contribution >= 4 is 6.21 Å². The van der Waals surface area contributed by atoms with Crippen LogP contribution in [-0.2, 0) is 9.47 Å². The van der Waals surface area contributed by atoms with E-state index in [2.05, 4.69) is 14.5 Å². The van der Waals surface area contributed by atoms with Crippen molar-refractivity contribution < 1.29 is 22.6 Å². The van der Waals surface area contributed by atoms with E-state index in [1.807, 2.05) is 6.73 Å². The van der Waals surface area contributed by atoms with Crippen LogP contribution in [0.15, 0.2) is 4.99 Å². The van der Waals surface area contributed by atoms with Gasteiger partial charge in [-0.15, -0.1) is 13.2 Å². The Labute approximate surface area is 54.4 Å². The van der Waals surface area contributed by atoms with Gasteiger partial charge >= 0.3 is 6.36 Å². The molecule has 1 aliphatic rings. The Kier molecular flexibility index (Phi) is 1.91. The first-order chi connectivity index (χ1) is 4.58. The molecule has 10 heavy (non-hydrogen) atoms. The fourth-order valence-corrected chi connectivity index (χ4v) is 0.390. The number of rotatable bonds is 1. The molecular weight excluding hydrogens is 151 g/mol. The summed E-state index contributed by atoms with van der Waals surface area (Å²) in [5.41, 5.74) is 0.